The van der Waals surface area contributed by atoms with Crippen molar-refractivity contribution in [3.63, 3.8) is 0 Å². The maximum atomic E-state index is 14.2. The van der Waals surface area contributed by atoms with Crippen LogP contribution in [0.2, 0.25) is 0 Å². The third-order valence-corrected chi connectivity index (χ3v) is 5.97. The third-order valence-electron chi connectivity index (χ3n) is 5.97. The first-order chi connectivity index (χ1) is 15.6. The number of para-hydroxylation sites is 1. The summed E-state index contributed by atoms with van der Waals surface area (Å²) in [6.07, 6.45) is 0. The Morgan fingerprint density at radius 1 is 0.875 bits per heavy atom. The van der Waals surface area contributed by atoms with Gasteiger partial charge in [-0.1, -0.05) is 24.3 Å². The molecule has 1 aliphatic heterocycles. The van der Waals surface area contributed by atoms with E-state index < -0.39 is 0 Å². The number of piperazine rings is 1. The lowest BCUT2D eigenvalue weighted by molar-refractivity contribution is 0.249. The molecule has 1 fully saturated rings. The van der Waals surface area contributed by atoms with Crippen LogP contribution < -0.4 is 9.64 Å². The van der Waals surface area contributed by atoms with Crippen LogP contribution in [-0.4, -0.2) is 38.2 Å². The van der Waals surface area contributed by atoms with Gasteiger partial charge in [0.25, 0.3) is 0 Å². The van der Waals surface area contributed by atoms with Crippen molar-refractivity contribution in [3.8, 4) is 17.1 Å². The van der Waals surface area contributed by atoms with E-state index in [1.807, 2.05) is 24.3 Å². The highest BCUT2D eigenvalue weighted by atomic mass is 19.1. The molecule has 1 aliphatic rings. The lowest BCUT2D eigenvalue weighted by atomic mass is 10.1. The first-order valence-electron chi connectivity index (χ1n) is 10.7. The molecule has 0 radical (unpaired) electrons. The molecular weight excluding hydrogens is 410 g/mol. The molecule has 2 heterocycles. The standard InChI is InChI=1S/C26H24F2N2O2/c1-31-25-15-18(14-19-16-24(32-26(19)25)20-6-2-3-7-21(20)27)17-29-10-12-30(13-11-29)23-9-5-4-8-22(23)28/h2-9,14-16H,10-13,17H2,1H3. The number of furan rings is 1. The van der Waals surface area contributed by atoms with E-state index in [4.69, 9.17) is 9.15 Å². The Kier molecular flexibility index (Phi) is 5.53. The largest absolute Gasteiger partial charge is 0.493 e. The van der Waals surface area contributed by atoms with E-state index in [0.717, 1.165) is 43.7 Å². The SMILES string of the molecule is COc1cc(CN2CCN(c3ccccc3F)CC2)cc2cc(-c3ccccc3F)oc12. The molecule has 0 bridgehead atoms. The van der Waals surface area contributed by atoms with E-state index in [1.165, 1.54) is 12.1 Å². The Balaban J connectivity index is 1.35. The van der Waals surface area contributed by atoms with E-state index >= 15 is 0 Å². The molecule has 3 aromatic carbocycles. The average Bonchev–Trinajstić information content (AvgIpc) is 3.24. The van der Waals surface area contributed by atoms with Gasteiger partial charge in [0.2, 0.25) is 0 Å². The number of hydrogen-bond donors (Lipinski definition) is 0. The topological polar surface area (TPSA) is 28.9 Å². The molecule has 0 aliphatic carbocycles. The molecular formula is C26H24F2N2O2. The molecule has 1 aromatic heterocycles. The molecule has 32 heavy (non-hydrogen) atoms. The Morgan fingerprint density at radius 2 is 1.59 bits per heavy atom. The Hall–Kier alpha value is -3.38. The number of methoxy groups -OCH3 is 1. The predicted octanol–water partition coefficient (Wildman–Crippen LogP) is 5.71. The van der Waals surface area contributed by atoms with Gasteiger partial charge in [0, 0.05) is 38.1 Å². The minimum Gasteiger partial charge on any atom is -0.493 e. The van der Waals surface area contributed by atoms with Crippen LogP contribution >= 0.6 is 0 Å². The highest BCUT2D eigenvalue weighted by Crippen LogP contribution is 2.36. The second-order valence-corrected chi connectivity index (χ2v) is 8.02. The molecule has 4 aromatic rings. The number of hydrogen-bond acceptors (Lipinski definition) is 4. The fourth-order valence-electron chi connectivity index (χ4n) is 4.33. The van der Waals surface area contributed by atoms with Gasteiger partial charge in [0.1, 0.15) is 17.4 Å². The first-order valence-corrected chi connectivity index (χ1v) is 10.7. The number of benzene rings is 3. The van der Waals surface area contributed by atoms with Crippen molar-refractivity contribution in [2.75, 3.05) is 38.2 Å². The van der Waals surface area contributed by atoms with Gasteiger partial charge in [0.05, 0.1) is 18.4 Å². The fraction of sp³-hybridized carbons (Fsp3) is 0.231. The third kappa shape index (κ3) is 3.94. The summed E-state index contributed by atoms with van der Waals surface area (Å²) in [4.78, 5) is 4.43. The number of ether oxygens (including phenoxy) is 1. The summed E-state index contributed by atoms with van der Waals surface area (Å²) in [6, 6.07) is 19.4. The molecule has 0 amide bonds. The van der Waals surface area contributed by atoms with Crippen LogP contribution in [0, 0.1) is 11.6 Å². The summed E-state index contributed by atoms with van der Waals surface area (Å²) in [7, 11) is 1.61. The van der Waals surface area contributed by atoms with Crippen LogP contribution in [0.3, 0.4) is 0 Å². The lowest BCUT2D eigenvalue weighted by Gasteiger charge is -2.36. The zero-order valence-corrected chi connectivity index (χ0v) is 17.9. The van der Waals surface area contributed by atoms with Crippen LogP contribution in [0.4, 0.5) is 14.5 Å². The molecule has 0 spiro atoms. The van der Waals surface area contributed by atoms with Gasteiger partial charge in [-0.25, -0.2) is 8.78 Å². The highest BCUT2D eigenvalue weighted by molar-refractivity contribution is 5.88. The first kappa shape index (κ1) is 20.5. The Morgan fingerprint density at radius 3 is 2.31 bits per heavy atom. The van der Waals surface area contributed by atoms with E-state index in [1.54, 1.807) is 31.4 Å². The number of nitrogens with zero attached hydrogens (tertiary/aromatic N) is 2. The van der Waals surface area contributed by atoms with Crippen LogP contribution in [0.15, 0.2) is 71.1 Å². The average molecular weight is 434 g/mol. The van der Waals surface area contributed by atoms with Gasteiger partial charge in [-0.2, -0.15) is 0 Å². The van der Waals surface area contributed by atoms with Gasteiger partial charge in [-0.05, 0) is 48.0 Å². The quantitative estimate of drug-likeness (QED) is 0.402. The van der Waals surface area contributed by atoms with Crippen LogP contribution in [0.25, 0.3) is 22.3 Å². The van der Waals surface area contributed by atoms with Crippen molar-refractivity contribution in [3.05, 3.63) is 83.9 Å². The maximum absolute atomic E-state index is 14.2. The summed E-state index contributed by atoms with van der Waals surface area (Å²) in [6.45, 7) is 3.95. The van der Waals surface area contributed by atoms with Crippen molar-refractivity contribution >= 4 is 16.7 Å². The number of anilines is 1. The van der Waals surface area contributed by atoms with Gasteiger partial charge in [-0.3, -0.25) is 4.90 Å². The lowest BCUT2D eigenvalue weighted by Crippen LogP contribution is -2.46. The van der Waals surface area contributed by atoms with Crippen molar-refractivity contribution in [2.45, 2.75) is 6.54 Å². The Bertz CT molecular complexity index is 1250. The van der Waals surface area contributed by atoms with E-state index in [0.29, 0.717) is 28.3 Å². The highest BCUT2D eigenvalue weighted by Gasteiger charge is 2.21. The van der Waals surface area contributed by atoms with Gasteiger partial charge >= 0.3 is 0 Å². The van der Waals surface area contributed by atoms with Gasteiger partial charge in [0.15, 0.2) is 11.3 Å². The Labute approximate surface area is 185 Å². The second kappa shape index (κ2) is 8.63. The number of halogens is 2. The summed E-state index contributed by atoms with van der Waals surface area (Å²) in [5, 5.41) is 0.877. The molecule has 0 N–H and O–H groups in total. The zero-order valence-electron chi connectivity index (χ0n) is 17.9. The zero-order chi connectivity index (χ0) is 22.1. The molecule has 6 heteroatoms. The molecule has 5 rings (SSSR count). The predicted molar refractivity (Wildman–Crippen MR) is 122 cm³/mol. The van der Waals surface area contributed by atoms with E-state index in [9.17, 15) is 8.78 Å². The minimum atomic E-state index is -0.321. The van der Waals surface area contributed by atoms with Crippen molar-refractivity contribution in [1.29, 1.82) is 0 Å². The van der Waals surface area contributed by atoms with Crippen molar-refractivity contribution < 1.29 is 17.9 Å². The van der Waals surface area contributed by atoms with Crippen molar-refractivity contribution in [2.24, 2.45) is 0 Å². The molecule has 164 valence electrons. The summed E-state index contributed by atoms with van der Waals surface area (Å²) >= 11 is 0. The number of fused-ring (bicyclic) bond motifs is 1. The van der Waals surface area contributed by atoms with Gasteiger partial charge in [-0.15, -0.1) is 0 Å². The van der Waals surface area contributed by atoms with Crippen LogP contribution in [-0.2, 0) is 6.54 Å². The van der Waals surface area contributed by atoms with E-state index in [-0.39, 0.29) is 11.6 Å². The molecule has 1 saturated heterocycles. The normalized spacial score (nSPS) is 14.8. The smallest absolute Gasteiger partial charge is 0.176 e. The monoisotopic (exact) mass is 434 g/mol. The molecule has 0 unspecified atom stereocenters. The molecule has 0 saturated carbocycles. The fourth-order valence-corrected chi connectivity index (χ4v) is 4.33. The summed E-state index contributed by atoms with van der Waals surface area (Å²) in [5.74, 6) is 0.609. The van der Waals surface area contributed by atoms with Crippen LogP contribution in [0.1, 0.15) is 5.56 Å². The van der Waals surface area contributed by atoms with Crippen molar-refractivity contribution in [1.82, 2.24) is 4.90 Å². The number of rotatable bonds is 5. The second-order valence-electron chi connectivity index (χ2n) is 8.02. The summed E-state index contributed by atoms with van der Waals surface area (Å²) in [5.41, 5.74) is 2.79. The van der Waals surface area contributed by atoms with Gasteiger partial charge < -0.3 is 14.1 Å². The molecule has 4 nitrogen and oxygen atoms in total. The van der Waals surface area contributed by atoms with E-state index in [2.05, 4.69) is 15.9 Å². The molecule has 0 atom stereocenters. The summed E-state index contributed by atoms with van der Waals surface area (Å²) < 4.78 is 39.9. The maximum Gasteiger partial charge on any atom is 0.176 e. The minimum absolute atomic E-state index is 0.179. The van der Waals surface area contributed by atoms with Crippen LogP contribution in [0.5, 0.6) is 5.75 Å².